The van der Waals surface area contributed by atoms with Gasteiger partial charge >= 0.3 is 0 Å². The molecule has 26 heavy (non-hydrogen) atoms. The third kappa shape index (κ3) is 4.82. The van der Waals surface area contributed by atoms with E-state index in [2.05, 4.69) is 33.8 Å². The summed E-state index contributed by atoms with van der Waals surface area (Å²) in [7, 11) is 4.31. The molecule has 7 nitrogen and oxygen atoms in total. The Morgan fingerprint density at radius 3 is 2.62 bits per heavy atom. The van der Waals surface area contributed by atoms with Crippen LogP contribution < -0.4 is 4.90 Å². The maximum absolute atomic E-state index is 12.3. The van der Waals surface area contributed by atoms with Crippen molar-refractivity contribution >= 4 is 17.7 Å². The fourth-order valence-corrected chi connectivity index (χ4v) is 3.95. The Kier molecular flexibility index (Phi) is 6.62. The number of carbonyl (C=O) groups is 1. The van der Waals surface area contributed by atoms with Crippen molar-refractivity contribution in [3.05, 3.63) is 24.5 Å². The minimum absolute atomic E-state index is 0.199. The molecule has 8 heteroatoms. The van der Waals surface area contributed by atoms with Gasteiger partial charge in [-0.1, -0.05) is 11.8 Å². The summed E-state index contributed by atoms with van der Waals surface area (Å²) >= 11 is 1.49. The van der Waals surface area contributed by atoms with E-state index in [1.807, 2.05) is 17.0 Å². The van der Waals surface area contributed by atoms with Crippen molar-refractivity contribution < 1.29 is 9.69 Å². The lowest BCUT2D eigenvalue weighted by Crippen LogP contribution is -3.05. The van der Waals surface area contributed by atoms with Gasteiger partial charge in [0.15, 0.2) is 11.0 Å². The number of likely N-dealkylation sites (tertiary alicyclic amines) is 1. The van der Waals surface area contributed by atoms with Gasteiger partial charge in [0.25, 0.3) is 0 Å². The molecule has 0 atom stereocenters. The Morgan fingerprint density at radius 2 is 1.92 bits per heavy atom. The SMILES string of the molecule is C[NH+](C)CCCn1c(SCC(=O)N2CCCC2)nnc1-c1ccncc1. The van der Waals surface area contributed by atoms with Crippen LogP contribution in [0.5, 0.6) is 0 Å². The van der Waals surface area contributed by atoms with E-state index < -0.39 is 0 Å². The fraction of sp³-hybridized carbons (Fsp3) is 0.556. The van der Waals surface area contributed by atoms with Gasteiger partial charge in [0.05, 0.1) is 26.4 Å². The van der Waals surface area contributed by atoms with Crippen LogP contribution in [0.2, 0.25) is 0 Å². The van der Waals surface area contributed by atoms with E-state index in [1.54, 1.807) is 12.4 Å². The molecule has 0 aliphatic carbocycles. The van der Waals surface area contributed by atoms with E-state index in [0.29, 0.717) is 5.75 Å². The molecule has 1 fully saturated rings. The zero-order valence-electron chi connectivity index (χ0n) is 15.5. The van der Waals surface area contributed by atoms with Crippen LogP contribution in [0, 0.1) is 0 Å². The number of amides is 1. The van der Waals surface area contributed by atoms with Gasteiger partial charge in [-0.15, -0.1) is 10.2 Å². The highest BCUT2D eigenvalue weighted by Crippen LogP contribution is 2.24. The molecule has 1 saturated heterocycles. The van der Waals surface area contributed by atoms with Crippen molar-refractivity contribution in [3.8, 4) is 11.4 Å². The van der Waals surface area contributed by atoms with Crippen LogP contribution >= 0.6 is 11.8 Å². The minimum Gasteiger partial charge on any atom is -0.342 e. The first-order valence-electron chi connectivity index (χ1n) is 9.18. The van der Waals surface area contributed by atoms with E-state index in [0.717, 1.165) is 62.0 Å². The Labute approximate surface area is 158 Å². The molecule has 140 valence electrons. The molecule has 1 amide bonds. The van der Waals surface area contributed by atoms with Gasteiger partial charge in [-0.05, 0) is 25.0 Å². The fourth-order valence-electron chi connectivity index (χ4n) is 3.09. The highest BCUT2D eigenvalue weighted by Gasteiger charge is 2.20. The number of thioether (sulfide) groups is 1. The van der Waals surface area contributed by atoms with E-state index in [-0.39, 0.29) is 5.91 Å². The van der Waals surface area contributed by atoms with E-state index in [9.17, 15) is 4.79 Å². The summed E-state index contributed by atoms with van der Waals surface area (Å²) < 4.78 is 2.14. The summed E-state index contributed by atoms with van der Waals surface area (Å²) in [5.41, 5.74) is 1.00. The number of nitrogens with one attached hydrogen (secondary N) is 1. The van der Waals surface area contributed by atoms with Crippen LogP contribution in [0.3, 0.4) is 0 Å². The predicted molar refractivity (Wildman–Crippen MR) is 102 cm³/mol. The number of aromatic nitrogens is 4. The number of carbonyl (C=O) groups excluding carboxylic acids is 1. The molecule has 2 aromatic heterocycles. The van der Waals surface area contributed by atoms with Gasteiger partial charge in [-0.25, -0.2) is 0 Å². The smallest absolute Gasteiger partial charge is 0.233 e. The molecule has 0 radical (unpaired) electrons. The number of rotatable bonds is 8. The Hall–Kier alpha value is -1.93. The minimum atomic E-state index is 0.199. The maximum atomic E-state index is 12.3. The number of hydrogen-bond donors (Lipinski definition) is 1. The molecule has 0 unspecified atom stereocenters. The average molecular weight is 376 g/mol. The largest absolute Gasteiger partial charge is 0.342 e. The normalized spacial score (nSPS) is 14.3. The van der Waals surface area contributed by atoms with Crippen molar-refractivity contribution in [1.29, 1.82) is 0 Å². The number of nitrogens with zero attached hydrogens (tertiary/aromatic N) is 5. The topological polar surface area (TPSA) is 68.3 Å². The van der Waals surface area contributed by atoms with Gasteiger partial charge in [0.1, 0.15) is 0 Å². The lowest BCUT2D eigenvalue weighted by Gasteiger charge is -2.15. The molecular weight excluding hydrogens is 348 g/mol. The third-order valence-electron chi connectivity index (χ3n) is 4.50. The van der Waals surface area contributed by atoms with Crippen LogP contribution in [0.1, 0.15) is 19.3 Å². The van der Waals surface area contributed by atoms with Crippen LogP contribution in [0.25, 0.3) is 11.4 Å². The molecule has 1 aliphatic rings. The second-order valence-corrected chi connectivity index (χ2v) is 7.82. The van der Waals surface area contributed by atoms with Crippen molar-refractivity contribution in [2.24, 2.45) is 0 Å². The van der Waals surface area contributed by atoms with E-state index in [4.69, 9.17) is 0 Å². The summed E-state index contributed by atoms with van der Waals surface area (Å²) in [6.45, 7) is 3.70. The van der Waals surface area contributed by atoms with Crippen LogP contribution in [-0.4, -0.2) is 70.0 Å². The summed E-state index contributed by atoms with van der Waals surface area (Å²) in [5.74, 6) is 1.47. The standard InChI is InChI=1S/C18H26N6OS/c1-22(2)10-5-13-24-17(15-6-8-19-9-7-15)20-21-18(24)26-14-16(25)23-11-3-4-12-23/h6-9H,3-5,10-14H2,1-2H3/p+1. The maximum Gasteiger partial charge on any atom is 0.233 e. The van der Waals surface area contributed by atoms with Gasteiger partial charge in [0, 0.05) is 44.0 Å². The molecule has 0 spiro atoms. The van der Waals surface area contributed by atoms with E-state index >= 15 is 0 Å². The van der Waals surface area contributed by atoms with Crippen LogP contribution in [0.15, 0.2) is 29.7 Å². The first-order chi connectivity index (χ1) is 12.6. The lowest BCUT2D eigenvalue weighted by atomic mass is 10.2. The third-order valence-corrected chi connectivity index (χ3v) is 5.45. The second kappa shape index (κ2) is 9.14. The molecule has 3 rings (SSSR count). The van der Waals surface area contributed by atoms with Crippen molar-refractivity contribution in [2.75, 3.05) is 39.5 Å². The molecular formula is C18H27N6OS+. The monoisotopic (exact) mass is 375 g/mol. The first-order valence-corrected chi connectivity index (χ1v) is 10.2. The van der Waals surface area contributed by atoms with Crippen molar-refractivity contribution in [3.63, 3.8) is 0 Å². The molecule has 0 bridgehead atoms. The lowest BCUT2D eigenvalue weighted by molar-refractivity contribution is -0.858. The van der Waals surface area contributed by atoms with E-state index in [1.165, 1.54) is 16.7 Å². The molecule has 3 heterocycles. The summed E-state index contributed by atoms with van der Waals surface area (Å²) in [5, 5.41) is 9.58. The van der Waals surface area contributed by atoms with Crippen molar-refractivity contribution in [1.82, 2.24) is 24.6 Å². The quantitative estimate of drug-likeness (QED) is 0.684. The first kappa shape index (κ1) is 18.8. The summed E-state index contributed by atoms with van der Waals surface area (Å²) in [6, 6.07) is 3.89. The van der Waals surface area contributed by atoms with Crippen molar-refractivity contribution in [2.45, 2.75) is 31.0 Å². The van der Waals surface area contributed by atoms with Gasteiger partial charge in [-0.2, -0.15) is 0 Å². The molecule has 1 N–H and O–H groups in total. The zero-order valence-corrected chi connectivity index (χ0v) is 16.3. The van der Waals surface area contributed by atoms with Crippen LogP contribution in [-0.2, 0) is 11.3 Å². The number of hydrogen-bond acceptors (Lipinski definition) is 5. The van der Waals surface area contributed by atoms with Gasteiger partial charge in [-0.3, -0.25) is 9.78 Å². The highest BCUT2D eigenvalue weighted by atomic mass is 32.2. The summed E-state index contributed by atoms with van der Waals surface area (Å²) in [6.07, 6.45) is 6.80. The van der Waals surface area contributed by atoms with Gasteiger partial charge < -0.3 is 14.4 Å². The summed E-state index contributed by atoms with van der Waals surface area (Å²) in [4.78, 5) is 19.8. The Balaban J connectivity index is 1.73. The molecule has 1 aliphatic heterocycles. The Morgan fingerprint density at radius 1 is 1.19 bits per heavy atom. The number of pyridine rings is 1. The number of quaternary nitrogens is 1. The van der Waals surface area contributed by atoms with Gasteiger partial charge in [0.2, 0.25) is 5.91 Å². The predicted octanol–water partition coefficient (Wildman–Crippen LogP) is 0.589. The molecule has 0 saturated carbocycles. The second-order valence-electron chi connectivity index (χ2n) is 6.88. The zero-order chi connectivity index (χ0) is 18.4. The van der Waals surface area contributed by atoms with Crippen LogP contribution in [0.4, 0.5) is 0 Å². The highest BCUT2D eigenvalue weighted by molar-refractivity contribution is 7.99. The Bertz CT molecular complexity index is 712. The average Bonchev–Trinajstić information content (AvgIpc) is 3.30. The molecule has 2 aromatic rings. The molecule has 0 aromatic carbocycles.